The maximum absolute atomic E-state index is 13.1. The van der Waals surface area contributed by atoms with Crippen LogP contribution in [0.2, 0.25) is 5.02 Å². The molecule has 4 nitrogen and oxygen atoms in total. The summed E-state index contributed by atoms with van der Waals surface area (Å²) in [6, 6.07) is 11.7. The molecule has 0 aliphatic heterocycles. The highest BCUT2D eigenvalue weighted by Gasteiger charge is 2.05. The average Bonchev–Trinajstić information content (AvgIpc) is 2.90. The summed E-state index contributed by atoms with van der Waals surface area (Å²) < 4.78 is 13.1. The van der Waals surface area contributed by atoms with Crippen molar-refractivity contribution in [2.45, 2.75) is 6.42 Å². The minimum Gasteiger partial charge on any atom is -0.384 e. The second-order valence-corrected chi connectivity index (χ2v) is 5.26. The Balaban J connectivity index is 1.68. The third-order valence-corrected chi connectivity index (χ3v) is 3.51. The average molecular weight is 315 g/mol. The number of hydrogen-bond acceptors (Lipinski definition) is 3. The number of H-pyrrole nitrogens is 1. The molecule has 2 N–H and O–H groups in total. The monoisotopic (exact) mass is 314 g/mol. The van der Waals surface area contributed by atoms with Gasteiger partial charge in [-0.3, -0.25) is 0 Å². The number of nitrogens with zero attached hydrogens (tertiary/aromatic N) is 2. The minimum absolute atomic E-state index is 0.291. The van der Waals surface area contributed by atoms with E-state index in [0.29, 0.717) is 29.1 Å². The van der Waals surface area contributed by atoms with E-state index >= 15 is 0 Å². The predicted molar refractivity (Wildman–Crippen MR) is 84.4 cm³/mol. The third kappa shape index (κ3) is 3.02. The van der Waals surface area contributed by atoms with E-state index in [1.54, 1.807) is 24.3 Å². The van der Waals surface area contributed by atoms with Gasteiger partial charge in [0.15, 0.2) is 0 Å². The summed E-state index contributed by atoms with van der Waals surface area (Å²) in [5.74, 6) is 0.473. The van der Waals surface area contributed by atoms with Crippen LogP contribution in [0.5, 0.6) is 0 Å². The molecule has 6 heteroatoms. The molecule has 0 atom stereocenters. The van der Waals surface area contributed by atoms with Crippen LogP contribution in [-0.4, -0.2) is 16.5 Å². The maximum atomic E-state index is 13.1. The molecule has 22 heavy (non-hydrogen) atoms. The van der Waals surface area contributed by atoms with Crippen LogP contribution >= 0.6 is 11.6 Å². The topological polar surface area (TPSA) is 64.5 Å². The van der Waals surface area contributed by atoms with Gasteiger partial charge in [0.25, 0.3) is 0 Å². The Morgan fingerprint density at radius 3 is 2.95 bits per heavy atom. The van der Waals surface area contributed by atoms with Gasteiger partial charge in [-0.1, -0.05) is 11.6 Å². The predicted octanol–water partition coefficient (Wildman–Crippen LogP) is 3.88. The standard InChI is InChI=1S/C16H12ClFN4/c17-11-1-3-13(10(7-11)9-19)20-6-5-16-21-14-4-2-12(18)8-15(14)22-16/h1-4,7-8,20H,5-6H2,(H,21,22). The van der Waals surface area contributed by atoms with Crippen LogP contribution in [0.25, 0.3) is 11.0 Å². The normalized spacial score (nSPS) is 10.6. The van der Waals surface area contributed by atoms with E-state index in [1.807, 2.05) is 0 Å². The molecular weight excluding hydrogens is 303 g/mol. The minimum atomic E-state index is -0.291. The number of anilines is 1. The number of benzene rings is 2. The van der Waals surface area contributed by atoms with E-state index in [1.165, 1.54) is 12.1 Å². The lowest BCUT2D eigenvalue weighted by Crippen LogP contribution is -2.07. The number of imidazole rings is 1. The lowest BCUT2D eigenvalue weighted by atomic mass is 10.2. The molecule has 3 aromatic rings. The Morgan fingerprint density at radius 2 is 2.14 bits per heavy atom. The number of halogens is 2. The van der Waals surface area contributed by atoms with Crippen LogP contribution in [0, 0.1) is 17.1 Å². The zero-order valence-corrected chi connectivity index (χ0v) is 12.3. The first-order chi connectivity index (χ1) is 10.7. The number of nitriles is 1. The second-order valence-electron chi connectivity index (χ2n) is 4.82. The molecule has 0 saturated carbocycles. The lowest BCUT2D eigenvalue weighted by molar-refractivity contribution is 0.629. The summed E-state index contributed by atoms with van der Waals surface area (Å²) >= 11 is 5.86. The van der Waals surface area contributed by atoms with Crippen LogP contribution < -0.4 is 5.32 Å². The summed E-state index contributed by atoms with van der Waals surface area (Å²) in [6.45, 7) is 0.596. The fourth-order valence-electron chi connectivity index (χ4n) is 2.23. The van der Waals surface area contributed by atoms with Gasteiger partial charge >= 0.3 is 0 Å². The van der Waals surface area contributed by atoms with Crippen molar-refractivity contribution in [3.8, 4) is 6.07 Å². The van der Waals surface area contributed by atoms with Gasteiger partial charge in [0.05, 0.1) is 22.3 Å². The van der Waals surface area contributed by atoms with Crippen molar-refractivity contribution in [1.29, 1.82) is 5.26 Å². The van der Waals surface area contributed by atoms with Crippen molar-refractivity contribution in [2.75, 3.05) is 11.9 Å². The highest BCUT2D eigenvalue weighted by Crippen LogP contribution is 2.20. The highest BCUT2D eigenvalue weighted by molar-refractivity contribution is 6.30. The number of nitrogens with one attached hydrogen (secondary N) is 2. The Hall–Kier alpha value is -2.58. The van der Waals surface area contributed by atoms with E-state index in [-0.39, 0.29) is 5.82 Å². The van der Waals surface area contributed by atoms with Crippen molar-refractivity contribution < 1.29 is 4.39 Å². The molecule has 1 heterocycles. The van der Waals surface area contributed by atoms with Gasteiger partial charge in [0.2, 0.25) is 0 Å². The molecule has 0 amide bonds. The van der Waals surface area contributed by atoms with Crippen molar-refractivity contribution in [2.24, 2.45) is 0 Å². The third-order valence-electron chi connectivity index (χ3n) is 3.27. The number of hydrogen-bond donors (Lipinski definition) is 2. The number of fused-ring (bicyclic) bond motifs is 1. The van der Waals surface area contributed by atoms with E-state index in [4.69, 9.17) is 16.9 Å². The van der Waals surface area contributed by atoms with Crippen LogP contribution in [0.3, 0.4) is 0 Å². The molecule has 110 valence electrons. The number of rotatable bonds is 4. The molecule has 3 rings (SSSR count). The van der Waals surface area contributed by atoms with Crippen LogP contribution in [0.1, 0.15) is 11.4 Å². The molecule has 0 unspecified atom stereocenters. The van der Waals surface area contributed by atoms with Gasteiger partial charge in [-0.05, 0) is 36.4 Å². The SMILES string of the molecule is N#Cc1cc(Cl)ccc1NCCc1nc2ccc(F)cc2[nH]1. The molecule has 0 aliphatic carbocycles. The van der Waals surface area contributed by atoms with E-state index in [0.717, 1.165) is 17.0 Å². The quantitative estimate of drug-likeness (QED) is 0.768. The smallest absolute Gasteiger partial charge is 0.125 e. The fraction of sp³-hybridized carbons (Fsp3) is 0.125. The zero-order chi connectivity index (χ0) is 15.5. The molecule has 0 fully saturated rings. The molecule has 0 aliphatic rings. The highest BCUT2D eigenvalue weighted by atomic mass is 35.5. The van der Waals surface area contributed by atoms with Gasteiger partial charge in [-0.15, -0.1) is 0 Å². The van der Waals surface area contributed by atoms with Gasteiger partial charge in [0, 0.05) is 18.0 Å². The lowest BCUT2D eigenvalue weighted by Gasteiger charge is -2.07. The van der Waals surface area contributed by atoms with Crippen LogP contribution in [0.4, 0.5) is 10.1 Å². The summed E-state index contributed by atoms with van der Waals surface area (Å²) in [5.41, 5.74) is 2.65. The Morgan fingerprint density at radius 1 is 1.27 bits per heavy atom. The molecular formula is C16H12ClFN4. The zero-order valence-electron chi connectivity index (χ0n) is 11.5. The van der Waals surface area contributed by atoms with Crippen LogP contribution in [0.15, 0.2) is 36.4 Å². The largest absolute Gasteiger partial charge is 0.384 e. The maximum Gasteiger partial charge on any atom is 0.125 e. The summed E-state index contributed by atoms with van der Waals surface area (Å²) in [7, 11) is 0. The van der Waals surface area contributed by atoms with E-state index in [9.17, 15) is 4.39 Å². The molecule has 0 saturated heterocycles. The molecule has 0 bridgehead atoms. The van der Waals surface area contributed by atoms with Crippen molar-refractivity contribution in [3.05, 3.63) is 58.6 Å². The van der Waals surface area contributed by atoms with E-state index in [2.05, 4.69) is 21.4 Å². The van der Waals surface area contributed by atoms with Crippen molar-refractivity contribution >= 4 is 28.3 Å². The Labute approximate surface area is 131 Å². The van der Waals surface area contributed by atoms with Crippen LogP contribution in [-0.2, 0) is 6.42 Å². The van der Waals surface area contributed by atoms with Crippen molar-refractivity contribution in [1.82, 2.24) is 9.97 Å². The molecule has 1 aromatic heterocycles. The van der Waals surface area contributed by atoms with Gasteiger partial charge in [-0.25, -0.2) is 9.37 Å². The summed E-state index contributed by atoms with van der Waals surface area (Å²) in [5, 5.41) is 12.8. The first kappa shape index (κ1) is 14.4. The second kappa shape index (κ2) is 6.04. The molecule has 0 spiro atoms. The Bertz CT molecular complexity index is 866. The Kier molecular flexibility index (Phi) is 3.94. The first-order valence-corrected chi connectivity index (χ1v) is 7.11. The molecule has 2 aromatic carbocycles. The van der Waals surface area contributed by atoms with Gasteiger partial charge < -0.3 is 10.3 Å². The van der Waals surface area contributed by atoms with Crippen molar-refractivity contribution in [3.63, 3.8) is 0 Å². The first-order valence-electron chi connectivity index (χ1n) is 6.73. The fourth-order valence-corrected chi connectivity index (χ4v) is 2.40. The van der Waals surface area contributed by atoms with E-state index < -0.39 is 0 Å². The summed E-state index contributed by atoms with van der Waals surface area (Å²) in [4.78, 5) is 7.48. The molecule has 0 radical (unpaired) electrons. The summed E-state index contributed by atoms with van der Waals surface area (Å²) in [6.07, 6.45) is 0.629. The number of aromatic nitrogens is 2. The van der Waals surface area contributed by atoms with Gasteiger partial charge in [0.1, 0.15) is 17.7 Å². The number of aromatic amines is 1. The van der Waals surface area contributed by atoms with Gasteiger partial charge in [-0.2, -0.15) is 5.26 Å².